The molecule has 0 unspecified atom stereocenters. The van der Waals surface area contributed by atoms with E-state index in [-0.39, 0.29) is 5.41 Å². The molecule has 1 heterocycles. The van der Waals surface area contributed by atoms with E-state index in [0.717, 1.165) is 6.42 Å². The Labute approximate surface area is 67.4 Å². The lowest BCUT2D eigenvalue weighted by molar-refractivity contribution is 0.460. The highest BCUT2D eigenvalue weighted by Crippen LogP contribution is 2.24. The standard InChI is InChI=1S/C8H15N3/c1-5-8(2,3)7-6-9-10-11(7)4/h6H,5H2,1-4H3. The van der Waals surface area contributed by atoms with Crippen LogP contribution in [-0.2, 0) is 12.5 Å². The molecule has 3 nitrogen and oxygen atoms in total. The highest BCUT2D eigenvalue weighted by atomic mass is 15.4. The summed E-state index contributed by atoms with van der Waals surface area (Å²) in [6.07, 6.45) is 2.94. The van der Waals surface area contributed by atoms with Crippen LogP contribution in [0.3, 0.4) is 0 Å². The first kappa shape index (κ1) is 8.24. The third kappa shape index (κ3) is 1.42. The number of hydrogen-bond donors (Lipinski definition) is 0. The fourth-order valence-corrected chi connectivity index (χ4v) is 1.08. The van der Waals surface area contributed by atoms with E-state index in [0.29, 0.717) is 0 Å². The number of aryl methyl sites for hydroxylation is 1. The van der Waals surface area contributed by atoms with Gasteiger partial charge in [0.2, 0.25) is 0 Å². The van der Waals surface area contributed by atoms with E-state index in [1.54, 1.807) is 0 Å². The summed E-state index contributed by atoms with van der Waals surface area (Å²) in [6, 6.07) is 0. The van der Waals surface area contributed by atoms with Crippen LogP contribution in [0.2, 0.25) is 0 Å². The maximum Gasteiger partial charge on any atom is 0.0730 e. The number of rotatable bonds is 2. The van der Waals surface area contributed by atoms with Crippen LogP contribution in [0.4, 0.5) is 0 Å². The molecule has 0 fully saturated rings. The Balaban J connectivity index is 3.00. The summed E-state index contributed by atoms with van der Waals surface area (Å²) in [6.45, 7) is 6.57. The van der Waals surface area contributed by atoms with Crippen LogP contribution in [0.1, 0.15) is 32.9 Å². The summed E-state index contributed by atoms with van der Waals surface area (Å²) in [7, 11) is 1.93. The van der Waals surface area contributed by atoms with Crippen LogP contribution in [0, 0.1) is 0 Å². The van der Waals surface area contributed by atoms with Gasteiger partial charge >= 0.3 is 0 Å². The van der Waals surface area contributed by atoms with Crippen LogP contribution in [-0.4, -0.2) is 15.0 Å². The van der Waals surface area contributed by atoms with Crippen LogP contribution < -0.4 is 0 Å². The minimum atomic E-state index is 0.193. The van der Waals surface area contributed by atoms with Crippen molar-refractivity contribution in [3.63, 3.8) is 0 Å². The van der Waals surface area contributed by atoms with Gasteiger partial charge in [0.1, 0.15) is 0 Å². The predicted molar refractivity (Wildman–Crippen MR) is 44.3 cm³/mol. The first-order valence-electron chi connectivity index (χ1n) is 3.93. The van der Waals surface area contributed by atoms with Crippen molar-refractivity contribution < 1.29 is 0 Å². The van der Waals surface area contributed by atoms with Gasteiger partial charge in [-0.25, -0.2) is 0 Å². The second kappa shape index (κ2) is 2.64. The Kier molecular flexibility index (Phi) is 1.98. The van der Waals surface area contributed by atoms with E-state index in [4.69, 9.17) is 0 Å². The third-order valence-corrected chi connectivity index (χ3v) is 2.29. The summed E-state index contributed by atoms with van der Waals surface area (Å²) < 4.78 is 1.84. The summed E-state index contributed by atoms with van der Waals surface area (Å²) in [5, 5.41) is 7.75. The zero-order valence-corrected chi connectivity index (χ0v) is 7.63. The van der Waals surface area contributed by atoms with Crippen molar-refractivity contribution in [2.45, 2.75) is 32.6 Å². The van der Waals surface area contributed by atoms with Gasteiger partial charge in [-0.1, -0.05) is 26.0 Å². The summed E-state index contributed by atoms with van der Waals surface area (Å²) in [5.74, 6) is 0. The van der Waals surface area contributed by atoms with E-state index in [9.17, 15) is 0 Å². The van der Waals surface area contributed by atoms with Crippen LogP contribution in [0.15, 0.2) is 6.20 Å². The molecule has 0 saturated carbocycles. The second-order valence-corrected chi connectivity index (χ2v) is 3.48. The topological polar surface area (TPSA) is 30.7 Å². The monoisotopic (exact) mass is 153 g/mol. The molecule has 1 rings (SSSR count). The lowest BCUT2D eigenvalue weighted by atomic mass is 9.87. The van der Waals surface area contributed by atoms with Gasteiger partial charge in [0, 0.05) is 12.5 Å². The zero-order chi connectivity index (χ0) is 8.48. The van der Waals surface area contributed by atoms with E-state index >= 15 is 0 Å². The van der Waals surface area contributed by atoms with E-state index in [1.807, 2.05) is 17.9 Å². The Morgan fingerprint density at radius 2 is 2.18 bits per heavy atom. The normalized spacial score (nSPS) is 12.0. The maximum absolute atomic E-state index is 3.90. The van der Waals surface area contributed by atoms with Gasteiger partial charge in [-0.2, -0.15) is 0 Å². The zero-order valence-electron chi connectivity index (χ0n) is 7.63. The lowest BCUT2D eigenvalue weighted by Crippen LogP contribution is -2.19. The molecule has 3 heteroatoms. The van der Waals surface area contributed by atoms with Crippen molar-refractivity contribution in [2.75, 3.05) is 0 Å². The van der Waals surface area contributed by atoms with Gasteiger partial charge in [0.15, 0.2) is 0 Å². The molecule has 0 aliphatic rings. The summed E-state index contributed by atoms with van der Waals surface area (Å²) >= 11 is 0. The van der Waals surface area contributed by atoms with Gasteiger partial charge in [0.25, 0.3) is 0 Å². The fraction of sp³-hybridized carbons (Fsp3) is 0.750. The second-order valence-electron chi connectivity index (χ2n) is 3.48. The number of nitrogens with zero attached hydrogens (tertiary/aromatic N) is 3. The van der Waals surface area contributed by atoms with Crippen LogP contribution in [0.25, 0.3) is 0 Å². The van der Waals surface area contributed by atoms with Crippen LogP contribution >= 0.6 is 0 Å². The van der Waals surface area contributed by atoms with Gasteiger partial charge in [-0.3, -0.25) is 4.68 Å². The van der Waals surface area contributed by atoms with Crippen molar-refractivity contribution in [1.82, 2.24) is 15.0 Å². The van der Waals surface area contributed by atoms with E-state index in [2.05, 4.69) is 31.1 Å². The predicted octanol–water partition coefficient (Wildman–Crippen LogP) is 1.50. The molecule has 0 saturated heterocycles. The molecule has 0 aliphatic carbocycles. The molecule has 0 aliphatic heterocycles. The average Bonchev–Trinajstić information content (AvgIpc) is 2.36. The largest absolute Gasteiger partial charge is 0.252 e. The molecule has 1 aromatic rings. The van der Waals surface area contributed by atoms with Gasteiger partial charge < -0.3 is 0 Å². The molecule has 0 amide bonds. The minimum absolute atomic E-state index is 0.193. The SMILES string of the molecule is CCC(C)(C)c1cnnn1C. The number of aromatic nitrogens is 3. The Hall–Kier alpha value is -0.860. The molecular weight excluding hydrogens is 138 g/mol. The highest BCUT2D eigenvalue weighted by molar-refractivity contribution is 5.08. The number of hydrogen-bond acceptors (Lipinski definition) is 2. The highest BCUT2D eigenvalue weighted by Gasteiger charge is 2.21. The molecular formula is C8H15N3. The molecule has 0 radical (unpaired) electrons. The third-order valence-electron chi connectivity index (χ3n) is 2.29. The van der Waals surface area contributed by atoms with E-state index in [1.165, 1.54) is 5.69 Å². The summed E-state index contributed by atoms with van der Waals surface area (Å²) in [4.78, 5) is 0. The molecule has 0 spiro atoms. The van der Waals surface area contributed by atoms with Gasteiger partial charge in [-0.15, -0.1) is 5.10 Å². The lowest BCUT2D eigenvalue weighted by Gasteiger charge is -2.21. The molecule has 0 atom stereocenters. The van der Waals surface area contributed by atoms with Gasteiger partial charge in [-0.05, 0) is 6.42 Å². The Bertz CT molecular complexity index is 237. The minimum Gasteiger partial charge on any atom is -0.252 e. The summed E-state index contributed by atoms with van der Waals surface area (Å²) in [5.41, 5.74) is 1.39. The quantitative estimate of drug-likeness (QED) is 0.644. The van der Waals surface area contributed by atoms with Crippen molar-refractivity contribution in [1.29, 1.82) is 0 Å². The van der Waals surface area contributed by atoms with Crippen LogP contribution in [0.5, 0.6) is 0 Å². The molecule has 11 heavy (non-hydrogen) atoms. The Morgan fingerprint density at radius 3 is 2.55 bits per heavy atom. The molecule has 0 aromatic carbocycles. The smallest absolute Gasteiger partial charge is 0.0730 e. The Morgan fingerprint density at radius 1 is 1.55 bits per heavy atom. The first-order valence-corrected chi connectivity index (χ1v) is 3.93. The molecule has 0 N–H and O–H groups in total. The average molecular weight is 153 g/mol. The van der Waals surface area contributed by atoms with Crippen molar-refractivity contribution >= 4 is 0 Å². The molecule has 1 aromatic heterocycles. The van der Waals surface area contributed by atoms with Crippen molar-refractivity contribution in [2.24, 2.45) is 7.05 Å². The van der Waals surface area contributed by atoms with Gasteiger partial charge in [0.05, 0.1) is 11.9 Å². The maximum atomic E-state index is 3.90. The molecule has 0 bridgehead atoms. The molecule has 62 valence electrons. The first-order chi connectivity index (χ1) is 5.08. The van der Waals surface area contributed by atoms with Crippen molar-refractivity contribution in [3.05, 3.63) is 11.9 Å². The fourth-order valence-electron chi connectivity index (χ4n) is 1.08. The van der Waals surface area contributed by atoms with Crippen molar-refractivity contribution in [3.8, 4) is 0 Å². The van der Waals surface area contributed by atoms with E-state index < -0.39 is 0 Å².